The first-order valence-electron chi connectivity index (χ1n) is 7.34. The van der Waals surface area contributed by atoms with Gasteiger partial charge in [0.2, 0.25) is 11.8 Å². The Hall–Kier alpha value is -2.21. The predicted octanol–water partition coefficient (Wildman–Crippen LogP) is 1.95. The summed E-state index contributed by atoms with van der Waals surface area (Å²) in [4.78, 5) is 13.0. The molecule has 1 fully saturated rings. The summed E-state index contributed by atoms with van der Waals surface area (Å²) >= 11 is 0. The molecule has 0 unspecified atom stereocenters. The van der Waals surface area contributed by atoms with Gasteiger partial charge >= 0.3 is 0 Å². The molecule has 0 aliphatic carbocycles. The molecule has 2 aromatic rings. The number of hydrogen-bond acceptors (Lipinski definition) is 5. The van der Waals surface area contributed by atoms with Gasteiger partial charge in [0.25, 0.3) is 0 Å². The number of nitrogens with zero attached hydrogens (tertiary/aromatic N) is 4. The molecule has 5 nitrogen and oxygen atoms in total. The van der Waals surface area contributed by atoms with E-state index in [4.69, 9.17) is 4.74 Å². The normalized spacial score (nSPS) is 15.8. The number of aromatic nitrogens is 2. The molecule has 116 valence electrons. The SMILES string of the molecule is COc1ccnc(N2CCN(Cc3ccccc3F)CC2)n1. The molecule has 6 heteroatoms. The van der Waals surface area contributed by atoms with Gasteiger partial charge in [-0.15, -0.1) is 0 Å². The highest BCUT2D eigenvalue weighted by Crippen LogP contribution is 2.16. The molecule has 1 aliphatic rings. The largest absolute Gasteiger partial charge is 0.481 e. The second kappa shape index (κ2) is 6.70. The lowest BCUT2D eigenvalue weighted by atomic mass is 10.2. The van der Waals surface area contributed by atoms with E-state index in [1.807, 2.05) is 12.1 Å². The summed E-state index contributed by atoms with van der Waals surface area (Å²) in [6, 6.07) is 8.68. The number of piperazine rings is 1. The fourth-order valence-corrected chi connectivity index (χ4v) is 2.57. The van der Waals surface area contributed by atoms with Crippen molar-refractivity contribution in [1.82, 2.24) is 14.9 Å². The summed E-state index contributed by atoms with van der Waals surface area (Å²) in [5, 5.41) is 0. The third-order valence-electron chi connectivity index (χ3n) is 3.83. The van der Waals surface area contributed by atoms with Crippen molar-refractivity contribution in [1.29, 1.82) is 0 Å². The molecule has 0 amide bonds. The van der Waals surface area contributed by atoms with E-state index in [9.17, 15) is 4.39 Å². The van der Waals surface area contributed by atoms with Crippen molar-refractivity contribution in [2.75, 3.05) is 38.2 Å². The quantitative estimate of drug-likeness (QED) is 0.863. The minimum Gasteiger partial charge on any atom is -0.481 e. The van der Waals surface area contributed by atoms with Crippen LogP contribution in [0.15, 0.2) is 36.5 Å². The maximum Gasteiger partial charge on any atom is 0.228 e. The number of ether oxygens (including phenoxy) is 1. The van der Waals surface area contributed by atoms with E-state index in [1.54, 1.807) is 25.4 Å². The maximum atomic E-state index is 13.7. The highest BCUT2D eigenvalue weighted by atomic mass is 19.1. The van der Waals surface area contributed by atoms with E-state index in [-0.39, 0.29) is 5.82 Å². The van der Waals surface area contributed by atoms with Crippen LogP contribution in [-0.2, 0) is 6.54 Å². The Kier molecular flexibility index (Phi) is 4.48. The van der Waals surface area contributed by atoms with Crippen LogP contribution in [0.2, 0.25) is 0 Å². The molecule has 2 heterocycles. The first-order valence-corrected chi connectivity index (χ1v) is 7.34. The van der Waals surface area contributed by atoms with E-state index in [0.29, 0.717) is 18.4 Å². The number of methoxy groups -OCH3 is 1. The summed E-state index contributed by atoms with van der Waals surface area (Å²) < 4.78 is 18.8. The lowest BCUT2D eigenvalue weighted by Crippen LogP contribution is -2.46. The smallest absolute Gasteiger partial charge is 0.228 e. The second-order valence-corrected chi connectivity index (χ2v) is 5.25. The van der Waals surface area contributed by atoms with Gasteiger partial charge in [0.1, 0.15) is 5.82 Å². The lowest BCUT2D eigenvalue weighted by molar-refractivity contribution is 0.245. The van der Waals surface area contributed by atoms with E-state index >= 15 is 0 Å². The van der Waals surface area contributed by atoms with Crippen molar-refractivity contribution in [2.45, 2.75) is 6.54 Å². The number of halogens is 1. The molecule has 0 N–H and O–H groups in total. The van der Waals surface area contributed by atoms with Crippen molar-refractivity contribution in [2.24, 2.45) is 0 Å². The zero-order valence-corrected chi connectivity index (χ0v) is 12.6. The topological polar surface area (TPSA) is 41.5 Å². The van der Waals surface area contributed by atoms with Crippen molar-refractivity contribution in [3.05, 3.63) is 47.9 Å². The lowest BCUT2D eigenvalue weighted by Gasteiger charge is -2.34. The Labute approximate surface area is 129 Å². The number of hydrogen-bond donors (Lipinski definition) is 0. The van der Waals surface area contributed by atoms with Crippen LogP contribution < -0.4 is 9.64 Å². The van der Waals surface area contributed by atoms with Crippen LogP contribution in [0.5, 0.6) is 5.88 Å². The summed E-state index contributed by atoms with van der Waals surface area (Å²) in [6.07, 6.45) is 1.70. The summed E-state index contributed by atoms with van der Waals surface area (Å²) in [7, 11) is 1.60. The number of rotatable bonds is 4. The van der Waals surface area contributed by atoms with Crippen LogP contribution in [-0.4, -0.2) is 48.2 Å². The van der Waals surface area contributed by atoms with Gasteiger partial charge < -0.3 is 9.64 Å². The molecule has 1 aromatic heterocycles. The zero-order chi connectivity index (χ0) is 15.4. The molecule has 22 heavy (non-hydrogen) atoms. The highest BCUT2D eigenvalue weighted by Gasteiger charge is 2.20. The third kappa shape index (κ3) is 3.33. The Balaban J connectivity index is 1.59. The minimum atomic E-state index is -0.138. The molecule has 1 saturated heterocycles. The number of benzene rings is 1. The first kappa shape index (κ1) is 14.7. The van der Waals surface area contributed by atoms with Crippen molar-refractivity contribution in [3.8, 4) is 5.88 Å². The molecular formula is C16H19FN4O. The van der Waals surface area contributed by atoms with Gasteiger partial charge in [-0.1, -0.05) is 18.2 Å². The van der Waals surface area contributed by atoms with E-state index < -0.39 is 0 Å². The highest BCUT2D eigenvalue weighted by molar-refractivity contribution is 5.32. The van der Waals surface area contributed by atoms with Gasteiger partial charge in [0.15, 0.2) is 0 Å². The van der Waals surface area contributed by atoms with Gasteiger partial charge in [-0.3, -0.25) is 4.90 Å². The molecule has 1 aliphatic heterocycles. The number of anilines is 1. The average molecular weight is 302 g/mol. The van der Waals surface area contributed by atoms with Gasteiger partial charge in [0.05, 0.1) is 7.11 Å². The monoisotopic (exact) mass is 302 g/mol. The molecule has 0 atom stereocenters. The molecule has 0 saturated carbocycles. The van der Waals surface area contributed by atoms with Gasteiger partial charge in [-0.05, 0) is 6.07 Å². The van der Waals surface area contributed by atoms with Crippen LogP contribution in [0.1, 0.15) is 5.56 Å². The van der Waals surface area contributed by atoms with Gasteiger partial charge in [-0.25, -0.2) is 9.37 Å². The molecule has 0 spiro atoms. The second-order valence-electron chi connectivity index (χ2n) is 5.25. The molecular weight excluding hydrogens is 283 g/mol. The Bertz CT molecular complexity index is 629. The van der Waals surface area contributed by atoms with Gasteiger partial charge in [-0.2, -0.15) is 4.98 Å². The van der Waals surface area contributed by atoms with Crippen LogP contribution in [0, 0.1) is 5.82 Å². The van der Waals surface area contributed by atoms with Crippen molar-refractivity contribution in [3.63, 3.8) is 0 Å². The van der Waals surface area contributed by atoms with Gasteiger partial charge in [0, 0.05) is 50.6 Å². The molecule has 1 aromatic carbocycles. The predicted molar refractivity (Wildman–Crippen MR) is 82.5 cm³/mol. The Morgan fingerprint density at radius 3 is 2.64 bits per heavy atom. The summed E-state index contributed by atoms with van der Waals surface area (Å²) in [5.41, 5.74) is 0.744. The van der Waals surface area contributed by atoms with Crippen LogP contribution >= 0.6 is 0 Å². The average Bonchev–Trinajstić information content (AvgIpc) is 2.58. The molecule has 0 radical (unpaired) electrons. The van der Waals surface area contributed by atoms with Crippen LogP contribution in [0.4, 0.5) is 10.3 Å². The fourth-order valence-electron chi connectivity index (χ4n) is 2.57. The van der Waals surface area contributed by atoms with Crippen molar-refractivity contribution >= 4 is 5.95 Å². The fraction of sp³-hybridized carbons (Fsp3) is 0.375. The van der Waals surface area contributed by atoms with E-state index in [0.717, 1.165) is 31.7 Å². The Morgan fingerprint density at radius 1 is 1.14 bits per heavy atom. The van der Waals surface area contributed by atoms with E-state index in [1.165, 1.54) is 6.07 Å². The first-order chi connectivity index (χ1) is 10.8. The molecule has 0 bridgehead atoms. The third-order valence-corrected chi connectivity index (χ3v) is 3.83. The zero-order valence-electron chi connectivity index (χ0n) is 12.6. The summed E-state index contributed by atoms with van der Waals surface area (Å²) in [6.45, 7) is 3.99. The van der Waals surface area contributed by atoms with Crippen LogP contribution in [0.3, 0.4) is 0 Å². The van der Waals surface area contributed by atoms with Crippen molar-refractivity contribution < 1.29 is 9.13 Å². The van der Waals surface area contributed by atoms with E-state index in [2.05, 4.69) is 19.8 Å². The standard InChI is InChI=1S/C16H19FN4O/c1-22-15-6-7-18-16(19-15)21-10-8-20(9-11-21)12-13-4-2-3-5-14(13)17/h2-7H,8-12H2,1H3. The Morgan fingerprint density at radius 2 is 1.91 bits per heavy atom. The maximum absolute atomic E-state index is 13.7. The van der Waals surface area contributed by atoms with Crippen LogP contribution in [0.25, 0.3) is 0 Å². The minimum absolute atomic E-state index is 0.138. The summed E-state index contributed by atoms with van der Waals surface area (Å²) in [5.74, 6) is 1.12. The molecule has 3 rings (SSSR count).